The molecule has 2 aliphatic heterocycles. The summed E-state index contributed by atoms with van der Waals surface area (Å²) in [5.74, 6) is -1.24. The molecule has 2 aliphatic rings. The van der Waals surface area contributed by atoms with Gasteiger partial charge in [0.15, 0.2) is 21.5 Å². The summed E-state index contributed by atoms with van der Waals surface area (Å²) in [6.07, 6.45) is 0.617. The molecule has 2 saturated heterocycles. The molecular weight excluding hydrogens is 398 g/mol. The second kappa shape index (κ2) is 7.68. The zero-order valence-electron chi connectivity index (χ0n) is 16.7. The maximum absolute atomic E-state index is 13.4. The summed E-state index contributed by atoms with van der Waals surface area (Å²) in [4.78, 5) is 4.52. The average molecular weight is 425 g/mol. The molecule has 1 aromatic heterocycles. The van der Waals surface area contributed by atoms with Crippen molar-refractivity contribution in [2.24, 2.45) is 0 Å². The Kier molecular flexibility index (Phi) is 5.37. The number of aryl methyl sites for hydroxylation is 1. The van der Waals surface area contributed by atoms with Crippen LogP contribution in [0.5, 0.6) is 0 Å². The van der Waals surface area contributed by atoms with Crippen molar-refractivity contribution in [3.63, 3.8) is 0 Å². The topological polar surface area (TPSA) is 58.4 Å². The van der Waals surface area contributed by atoms with Crippen molar-refractivity contribution in [2.45, 2.75) is 32.9 Å². The normalized spacial score (nSPS) is 22.3. The molecule has 2 aromatic rings. The summed E-state index contributed by atoms with van der Waals surface area (Å²) in [5, 5.41) is 4.66. The lowest BCUT2D eigenvalue weighted by molar-refractivity contribution is 0.249. The molecule has 0 N–H and O–H groups in total. The Bertz CT molecular complexity index is 1010. The number of aromatic nitrogens is 2. The third kappa shape index (κ3) is 4.16. The summed E-state index contributed by atoms with van der Waals surface area (Å²) in [7, 11) is -2.96. The molecule has 0 amide bonds. The van der Waals surface area contributed by atoms with E-state index >= 15 is 0 Å². The molecular formula is C20H26F2N4O2S. The maximum Gasteiger partial charge on any atom is 0.159 e. The lowest BCUT2D eigenvalue weighted by atomic mass is 10.1. The number of anilines is 1. The van der Waals surface area contributed by atoms with Gasteiger partial charge in [-0.15, -0.1) is 0 Å². The monoisotopic (exact) mass is 424 g/mol. The SMILES string of the molecule is Cc1nn(C2CCS(=O)(=O)C2)c(C)c1N1CCN(Cc2ccc(F)c(F)c2)CC1. The van der Waals surface area contributed by atoms with Crippen LogP contribution >= 0.6 is 0 Å². The van der Waals surface area contributed by atoms with Gasteiger partial charge in [0, 0.05) is 32.7 Å². The fraction of sp³-hybridized carbons (Fsp3) is 0.550. The van der Waals surface area contributed by atoms with Crippen LogP contribution in [-0.4, -0.2) is 60.8 Å². The average Bonchev–Trinajstić information content (AvgIpc) is 3.17. The van der Waals surface area contributed by atoms with Gasteiger partial charge in [-0.25, -0.2) is 17.2 Å². The molecule has 0 aliphatic carbocycles. The number of piperazine rings is 1. The Balaban J connectivity index is 1.43. The van der Waals surface area contributed by atoms with E-state index in [2.05, 4.69) is 14.9 Å². The van der Waals surface area contributed by atoms with Gasteiger partial charge in [0.2, 0.25) is 0 Å². The van der Waals surface area contributed by atoms with Crippen LogP contribution in [0.4, 0.5) is 14.5 Å². The minimum atomic E-state index is -2.96. The molecule has 1 atom stereocenters. The predicted molar refractivity (Wildman–Crippen MR) is 108 cm³/mol. The number of benzene rings is 1. The van der Waals surface area contributed by atoms with E-state index in [-0.39, 0.29) is 17.5 Å². The Morgan fingerprint density at radius 3 is 2.45 bits per heavy atom. The van der Waals surface area contributed by atoms with E-state index in [1.807, 2.05) is 18.5 Å². The number of sulfone groups is 1. The van der Waals surface area contributed by atoms with Crippen LogP contribution in [0.15, 0.2) is 18.2 Å². The van der Waals surface area contributed by atoms with Crippen LogP contribution in [0.1, 0.15) is 29.4 Å². The van der Waals surface area contributed by atoms with Crippen LogP contribution in [0.2, 0.25) is 0 Å². The highest BCUT2D eigenvalue weighted by molar-refractivity contribution is 7.91. The van der Waals surface area contributed by atoms with E-state index in [0.29, 0.717) is 13.0 Å². The van der Waals surface area contributed by atoms with Crippen LogP contribution in [-0.2, 0) is 16.4 Å². The van der Waals surface area contributed by atoms with Crippen LogP contribution in [0.25, 0.3) is 0 Å². The van der Waals surface area contributed by atoms with Gasteiger partial charge in [0.05, 0.1) is 34.6 Å². The molecule has 9 heteroatoms. The summed E-state index contributed by atoms with van der Waals surface area (Å²) in [6, 6.07) is 3.97. The van der Waals surface area contributed by atoms with E-state index < -0.39 is 21.5 Å². The summed E-state index contributed by atoms with van der Waals surface area (Å²) in [6.45, 7) is 7.79. The third-order valence-corrected chi connectivity index (χ3v) is 7.67. The number of nitrogens with zero attached hydrogens (tertiary/aromatic N) is 4. The third-order valence-electron chi connectivity index (χ3n) is 5.92. The minimum Gasteiger partial charge on any atom is -0.366 e. The fourth-order valence-corrected chi connectivity index (χ4v) is 6.15. The van der Waals surface area contributed by atoms with Crippen molar-refractivity contribution < 1.29 is 17.2 Å². The first-order valence-electron chi connectivity index (χ1n) is 9.91. The molecule has 4 rings (SSSR count). The Morgan fingerprint density at radius 1 is 1.10 bits per heavy atom. The van der Waals surface area contributed by atoms with Crippen LogP contribution < -0.4 is 4.90 Å². The molecule has 0 radical (unpaired) electrons. The van der Waals surface area contributed by atoms with E-state index in [4.69, 9.17) is 0 Å². The largest absolute Gasteiger partial charge is 0.366 e. The maximum atomic E-state index is 13.4. The van der Waals surface area contributed by atoms with E-state index in [9.17, 15) is 17.2 Å². The predicted octanol–water partition coefficient (Wildman–Crippen LogP) is 2.46. The van der Waals surface area contributed by atoms with Crippen molar-refractivity contribution in [2.75, 3.05) is 42.6 Å². The highest BCUT2D eigenvalue weighted by atomic mass is 32.2. The van der Waals surface area contributed by atoms with Crippen LogP contribution in [0, 0.1) is 25.5 Å². The highest BCUT2D eigenvalue weighted by Gasteiger charge is 2.32. The van der Waals surface area contributed by atoms with E-state index in [1.54, 1.807) is 6.07 Å². The zero-order valence-corrected chi connectivity index (χ0v) is 17.6. The summed E-state index contributed by atoms with van der Waals surface area (Å²) < 4.78 is 52.1. The first-order chi connectivity index (χ1) is 13.7. The Labute approximate surface area is 170 Å². The number of rotatable bonds is 4. The summed E-state index contributed by atoms with van der Waals surface area (Å²) in [5.41, 5.74) is 3.78. The van der Waals surface area contributed by atoms with Crippen molar-refractivity contribution in [1.29, 1.82) is 0 Å². The van der Waals surface area contributed by atoms with Gasteiger partial charge in [0.25, 0.3) is 0 Å². The van der Waals surface area contributed by atoms with Gasteiger partial charge in [-0.1, -0.05) is 6.07 Å². The highest BCUT2D eigenvalue weighted by Crippen LogP contribution is 2.31. The molecule has 158 valence electrons. The van der Waals surface area contributed by atoms with E-state index in [0.717, 1.165) is 48.8 Å². The quantitative estimate of drug-likeness (QED) is 0.755. The van der Waals surface area contributed by atoms with Gasteiger partial charge in [-0.2, -0.15) is 5.10 Å². The van der Waals surface area contributed by atoms with Gasteiger partial charge in [0.1, 0.15) is 0 Å². The lowest BCUT2D eigenvalue weighted by Crippen LogP contribution is -2.46. The smallest absolute Gasteiger partial charge is 0.159 e. The number of hydrogen-bond acceptors (Lipinski definition) is 5. The van der Waals surface area contributed by atoms with Gasteiger partial charge >= 0.3 is 0 Å². The molecule has 0 saturated carbocycles. The van der Waals surface area contributed by atoms with Crippen molar-refractivity contribution in [3.05, 3.63) is 46.8 Å². The standard InChI is InChI=1S/C20H26F2N4O2S/c1-14-20(15(2)26(23-14)17-5-10-29(27,28)13-17)25-8-6-24(7-9-25)12-16-3-4-18(21)19(22)11-16/h3-4,11,17H,5-10,12-13H2,1-2H3. The van der Waals surface area contributed by atoms with Gasteiger partial charge < -0.3 is 4.90 Å². The zero-order chi connectivity index (χ0) is 20.8. The molecule has 3 heterocycles. The summed E-state index contributed by atoms with van der Waals surface area (Å²) >= 11 is 0. The fourth-order valence-electron chi connectivity index (χ4n) is 4.46. The molecule has 6 nitrogen and oxygen atoms in total. The first kappa shape index (κ1) is 20.3. The molecule has 1 unspecified atom stereocenters. The van der Waals surface area contributed by atoms with E-state index in [1.165, 1.54) is 12.1 Å². The Morgan fingerprint density at radius 2 is 1.83 bits per heavy atom. The van der Waals surface area contributed by atoms with Gasteiger partial charge in [-0.3, -0.25) is 9.58 Å². The number of halogens is 2. The van der Waals surface area contributed by atoms with Crippen molar-refractivity contribution in [1.82, 2.24) is 14.7 Å². The second-order valence-corrected chi connectivity index (χ2v) is 10.3. The van der Waals surface area contributed by atoms with Crippen molar-refractivity contribution >= 4 is 15.5 Å². The van der Waals surface area contributed by atoms with Crippen LogP contribution in [0.3, 0.4) is 0 Å². The second-order valence-electron chi connectivity index (χ2n) is 8.03. The molecule has 29 heavy (non-hydrogen) atoms. The lowest BCUT2D eigenvalue weighted by Gasteiger charge is -2.36. The molecule has 2 fully saturated rings. The van der Waals surface area contributed by atoms with Gasteiger partial charge in [-0.05, 0) is 38.0 Å². The molecule has 1 aromatic carbocycles. The molecule has 0 bridgehead atoms. The minimum absolute atomic E-state index is 0.0814. The van der Waals surface area contributed by atoms with Crippen molar-refractivity contribution in [3.8, 4) is 0 Å². The Hall–Kier alpha value is -2.00. The number of hydrogen-bond donors (Lipinski definition) is 0. The molecule has 0 spiro atoms. The first-order valence-corrected chi connectivity index (χ1v) is 11.7.